The summed E-state index contributed by atoms with van der Waals surface area (Å²) in [6, 6.07) is 8.37. The summed E-state index contributed by atoms with van der Waals surface area (Å²) in [4.78, 5) is 0. The maximum absolute atomic E-state index is 5.49. The molecular weight excluding hydrogens is 187 g/mol. The molecule has 0 saturated carbocycles. The third kappa shape index (κ3) is 1.49. The van der Waals surface area contributed by atoms with Gasteiger partial charge in [0.05, 0.1) is 12.4 Å². The van der Waals surface area contributed by atoms with Crippen LogP contribution >= 0.6 is 0 Å². The van der Waals surface area contributed by atoms with E-state index in [1.165, 1.54) is 16.6 Å². The van der Waals surface area contributed by atoms with Crippen molar-refractivity contribution in [2.45, 2.75) is 6.42 Å². The highest BCUT2D eigenvalue weighted by Crippen LogP contribution is 2.29. The summed E-state index contributed by atoms with van der Waals surface area (Å²) >= 11 is 0. The molecule has 74 valence electrons. The molecule has 1 heterocycles. The first-order chi connectivity index (χ1) is 7.33. The van der Waals surface area contributed by atoms with Crippen LogP contribution < -0.4 is 0 Å². The Balaban J connectivity index is 1.85. The van der Waals surface area contributed by atoms with Crippen molar-refractivity contribution in [2.75, 3.05) is 6.61 Å². The molecule has 3 rings (SSSR count). The van der Waals surface area contributed by atoms with Gasteiger partial charge in [-0.15, -0.1) is 0 Å². The monoisotopic (exact) mass is 198 g/mol. The van der Waals surface area contributed by atoms with Gasteiger partial charge in [0.1, 0.15) is 0 Å². The third-order valence-corrected chi connectivity index (χ3v) is 2.76. The number of fused-ring (bicyclic) bond motifs is 1. The minimum atomic E-state index is -0.218. The van der Waals surface area contributed by atoms with Crippen LogP contribution in [0.1, 0.15) is 11.1 Å². The van der Waals surface area contributed by atoms with Gasteiger partial charge in [0.2, 0.25) is 0 Å². The lowest BCUT2D eigenvalue weighted by atomic mass is 9.77. The third-order valence-electron chi connectivity index (χ3n) is 2.76. The highest BCUT2D eigenvalue weighted by atomic mass is 16.6. The predicted octanol–water partition coefficient (Wildman–Crippen LogP) is 2.21. The molecule has 1 aliphatic carbocycles. The Morgan fingerprint density at radius 2 is 2.13 bits per heavy atom. The van der Waals surface area contributed by atoms with Crippen molar-refractivity contribution in [1.82, 2.24) is 0 Å². The molecule has 1 aromatic carbocycles. The number of hydrogen-bond donors (Lipinski definition) is 0. The van der Waals surface area contributed by atoms with E-state index in [1.54, 1.807) is 0 Å². The van der Waals surface area contributed by atoms with E-state index < -0.39 is 0 Å². The van der Waals surface area contributed by atoms with Gasteiger partial charge in [-0.1, -0.05) is 36.9 Å². The van der Waals surface area contributed by atoms with Crippen LogP contribution in [0.3, 0.4) is 0 Å². The first-order valence-electron chi connectivity index (χ1n) is 5.07. The zero-order chi connectivity index (χ0) is 10.3. The molecular formula is C12H11BO2. The first-order valence-corrected chi connectivity index (χ1v) is 5.07. The zero-order valence-corrected chi connectivity index (χ0v) is 8.40. The predicted molar refractivity (Wildman–Crippen MR) is 60.1 cm³/mol. The van der Waals surface area contributed by atoms with E-state index in [9.17, 15) is 0 Å². The van der Waals surface area contributed by atoms with Gasteiger partial charge in [-0.05, 0) is 23.0 Å². The molecule has 2 aliphatic rings. The van der Waals surface area contributed by atoms with Gasteiger partial charge in [-0.3, -0.25) is 0 Å². The van der Waals surface area contributed by atoms with Crippen molar-refractivity contribution >= 4 is 13.2 Å². The molecule has 3 heteroatoms. The van der Waals surface area contributed by atoms with E-state index in [1.807, 2.05) is 6.07 Å². The van der Waals surface area contributed by atoms with E-state index in [0.717, 1.165) is 12.2 Å². The van der Waals surface area contributed by atoms with E-state index in [0.29, 0.717) is 6.61 Å². The fraction of sp³-hybridized carbons (Fsp3) is 0.167. The normalized spacial score (nSPS) is 18.8. The standard InChI is InChI=1S/C12H11BO2/c1-9-8-14-13(15-9)12-6-10-4-2-3-5-11(10)7-12/h2-6H,1,7-8H2. The molecule has 15 heavy (non-hydrogen) atoms. The van der Waals surface area contributed by atoms with Crippen molar-refractivity contribution in [3.8, 4) is 0 Å². The second-order valence-corrected chi connectivity index (χ2v) is 3.89. The largest absolute Gasteiger partial charge is 0.559 e. The minimum Gasteiger partial charge on any atom is -0.534 e. The maximum Gasteiger partial charge on any atom is 0.559 e. The van der Waals surface area contributed by atoms with Gasteiger partial charge < -0.3 is 9.31 Å². The highest BCUT2D eigenvalue weighted by Gasteiger charge is 2.34. The van der Waals surface area contributed by atoms with Crippen LogP contribution in [0, 0.1) is 0 Å². The summed E-state index contributed by atoms with van der Waals surface area (Å²) in [6.07, 6.45) is 3.08. The summed E-state index contributed by atoms with van der Waals surface area (Å²) in [5.74, 6) is 0.719. The topological polar surface area (TPSA) is 18.5 Å². The molecule has 0 spiro atoms. The van der Waals surface area contributed by atoms with Gasteiger partial charge >= 0.3 is 7.12 Å². The van der Waals surface area contributed by atoms with Crippen LogP contribution in [0.25, 0.3) is 6.08 Å². The van der Waals surface area contributed by atoms with Crippen molar-refractivity contribution in [3.05, 3.63) is 53.2 Å². The smallest absolute Gasteiger partial charge is 0.534 e. The number of benzene rings is 1. The fourth-order valence-electron chi connectivity index (χ4n) is 2.03. The second-order valence-electron chi connectivity index (χ2n) is 3.89. The summed E-state index contributed by atoms with van der Waals surface area (Å²) < 4.78 is 11.0. The summed E-state index contributed by atoms with van der Waals surface area (Å²) in [7, 11) is -0.218. The molecule has 1 fully saturated rings. The van der Waals surface area contributed by atoms with Gasteiger partial charge in [0.15, 0.2) is 0 Å². The maximum atomic E-state index is 5.49. The highest BCUT2D eigenvalue weighted by molar-refractivity contribution is 6.56. The number of allylic oxidation sites excluding steroid dienone is 1. The van der Waals surface area contributed by atoms with Gasteiger partial charge in [0, 0.05) is 0 Å². The van der Waals surface area contributed by atoms with Crippen LogP contribution in [-0.2, 0) is 15.7 Å². The quantitative estimate of drug-likeness (QED) is 0.644. The van der Waals surface area contributed by atoms with Crippen molar-refractivity contribution in [2.24, 2.45) is 0 Å². The Morgan fingerprint density at radius 1 is 1.27 bits per heavy atom. The molecule has 2 nitrogen and oxygen atoms in total. The van der Waals surface area contributed by atoms with Gasteiger partial charge in [-0.2, -0.15) is 0 Å². The van der Waals surface area contributed by atoms with Crippen molar-refractivity contribution in [1.29, 1.82) is 0 Å². The minimum absolute atomic E-state index is 0.218. The van der Waals surface area contributed by atoms with Crippen molar-refractivity contribution < 1.29 is 9.31 Å². The van der Waals surface area contributed by atoms with Crippen LogP contribution in [0.5, 0.6) is 0 Å². The van der Waals surface area contributed by atoms with E-state index in [2.05, 4.69) is 30.9 Å². The SMILES string of the molecule is C=C1COB(C2=Cc3ccccc3C2)O1. The summed E-state index contributed by atoms with van der Waals surface area (Å²) in [6.45, 7) is 4.26. The molecule has 1 aliphatic heterocycles. The number of rotatable bonds is 1. The van der Waals surface area contributed by atoms with Crippen LogP contribution in [0.4, 0.5) is 0 Å². The average molecular weight is 198 g/mol. The summed E-state index contributed by atoms with van der Waals surface area (Å²) in [5.41, 5.74) is 3.81. The lowest BCUT2D eigenvalue weighted by Crippen LogP contribution is -2.17. The first kappa shape index (κ1) is 8.80. The molecule has 0 N–H and O–H groups in total. The van der Waals surface area contributed by atoms with Crippen molar-refractivity contribution in [3.63, 3.8) is 0 Å². The Labute approximate surface area is 89.3 Å². The Hall–Kier alpha value is -1.48. The van der Waals surface area contributed by atoms with E-state index in [4.69, 9.17) is 9.31 Å². The molecule has 0 aromatic heterocycles. The molecule has 0 radical (unpaired) electrons. The lowest BCUT2D eigenvalue weighted by molar-refractivity contribution is 0.381. The van der Waals surface area contributed by atoms with Gasteiger partial charge in [0.25, 0.3) is 0 Å². The average Bonchev–Trinajstić information content (AvgIpc) is 2.82. The van der Waals surface area contributed by atoms with Crippen LogP contribution in [0.2, 0.25) is 0 Å². The van der Waals surface area contributed by atoms with E-state index in [-0.39, 0.29) is 7.12 Å². The lowest BCUT2D eigenvalue weighted by Gasteiger charge is -2.04. The Kier molecular flexibility index (Phi) is 1.92. The Morgan fingerprint density at radius 3 is 2.87 bits per heavy atom. The van der Waals surface area contributed by atoms with Gasteiger partial charge in [-0.25, -0.2) is 0 Å². The van der Waals surface area contributed by atoms with Crippen LogP contribution in [0.15, 0.2) is 42.1 Å². The summed E-state index contributed by atoms with van der Waals surface area (Å²) in [5, 5.41) is 0. The van der Waals surface area contributed by atoms with E-state index >= 15 is 0 Å². The molecule has 0 bridgehead atoms. The molecule has 0 atom stereocenters. The molecule has 1 aromatic rings. The molecule has 1 saturated heterocycles. The zero-order valence-electron chi connectivity index (χ0n) is 8.40. The number of hydrogen-bond acceptors (Lipinski definition) is 2. The second kappa shape index (κ2) is 3.28. The molecule has 0 unspecified atom stereocenters. The Bertz CT molecular complexity index is 451. The molecule has 0 amide bonds. The van der Waals surface area contributed by atoms with Crippen LogP contribution in [-0.4, -0.2) is 13.7 Å². The fourth-order valence-corrected chi connectivity index (χ4v) is 2.03.